The Hall–Kier alpha value is -1.89. The van der Waals surface area contributed by atoms with E-state index < -0.39 is 0 Å². The van der Waals surface area contributed by atoms with Gasteiger partial charge in [-0.15, -0.1) is 0 Å². The minimum Gasteiger partial charge on any atom is -0.360 e. The average molecular weight is 348 g/mol. The summed E-state index contributed by atoms with van der Waals surface area (Å²) in [6.07, 6.45) is 3.42. The third-order valence-electron chi connectivity index (χ3n) is 5.41. The number of likely N-dealkylation sites (tertiary alicyclic amines) is 1. The SMILES string of the molecule is CCN1CCC(CC(=O)N2CCc3onc(C(=O)N(C)C)c3C2)CC1. The monoisotopic (exact) mass is 348 g/mol. The van der Waals surface area contributed by atoms with E-state index in [1.807, 2.05) is 4.90 Å². The zero-order valence-electron chi connectivity index (χ0n) is 15.5. The van der Waals surface area contributed by atoms with E-state index in [1.165, 1.54) is 4.90 Å². The molecule has 2 amide bonds. The summed E-state index contributed by atoms with van der Waals surface area (Å²) >= 11 is 0. The Kier molecular flexibility index (Phi) is 5.42. The van der Waals surface area contributed by atoms with Gasteiger partial charge in [0, 0.05) is 39.0 Å². The zero-order chi connectivity index (χ0) is 18.0. The van der Waals surface area contributed by atoms with E-state index in [4.69, 9.17) is 4.52 Å². The molecular formula is C18H28N4O3. The normalized spacial score (nSPS) is 18.9. The second kappa shape index (κ2) is 7.56. The van der Waals surface area contributed by atoms with E-state index in [-0.39, 0.29) is 11.8 Å². The van der Waals surface area contributed by atoms with Crippen LogP contribution in [0.4, 0.5) is 0 Å². The third kappa shape index (κ3) is 3.86. The zero-order valence-corrected chi connectivity index (χ0v) is 15.5. The van der Waals surface area contributed by atoms with Crippen LogP contribution in [0.1, 0.15) is 48.0 Å². The average Bonchev–Trinajstić information content (AvgIpc) is 3.04. The van der Waals surface area contributed by atoms with Crippen LogP contribution in [-0.4, -0.2) is 71.9 Å². The van der Waals surface area contributed by atoms with Crippen LogP contribution in [0.2, 0.25) is 0 Å². The van der Waals surface area contributed by atoms with Crippen molar-refractivity contribution in [1.29, 1.82) is 0 Å². The van der Waals surface area contributed by atoms with Crippen molar-refractivity contribution in [2.45, 2.75) is 39.2 Å². The van der Waals surface area contributed by atoms with Gasteiger partial charge in [-0.05, 0) is 38.4 Å². The first-order chi connectivity index (χ1) is 12.0. The molecule has 0 unspecified atom stereocenters. The Morgan fingerprint density at radius 2 is 1.96 bits per heavy atom. The van der Waals surface area contributed by atoms with Gasteiger partial charge in [-0.3, -0.25) is 9.59 Å². The predicted molar refractivity (Wildman–Crippen MR) is 93.1 cm³/mol. The van der Waals surface area contributed by atoms with Crippen molar-refractivity contribution in [2.24, 2.45) is 5.92 Å². The van der Waals surface area contributed by atoms with E-state index in [0.717, 1.165) is 43.8 Å². The first kappa shape index (κ1) is 17.9. The Bertz CT molecular complexity index is 632. The Labute approximate surface area is 148 Å². The van der Waals surface area contributed by atoms with Gasteiger partial charge in [0.15, 0.2) is 5.69 Å². The van der Waals surface area contributed by atoms with Gasteiger partial charge in [0.05, 0.1) is 6.54 Å². The van der Waals surface area contributed by atoms with Crippen molar-refractivity contribution >= 4 is 11.8 Å². The van der Waals surface area contributed by atoms with Crippen LogP contribution in [0, 0.1) is 5.92 Å². The maximum absolute atomic E-state index is 12.7. The molecule has 1 fully saturated rings. The number of rotatable bonds is 4. The third-order valence-corrected chi connectivity index (χ3v) is 5.41. The van der Waals surface area contributed by atoms with Gasteiger partial charge in [-0.25, -0.2) is 0 Å². The van der Waals surface area contributed by atoms with Crippen LogP contribution >= 0.6 is 0 Å². The molecule has 1 saturated heterocycles. The van der Waals surface area contributed by atoms with Crippen LogP contribution < -0.4 is 0 Å². The number of nitrogens with zero attached hydrogens (tertiary/aromatic N) is 4. The largest absolute Gasteiger partial charge is 0.360 e. The summed E-state index contributed by atoms with van der Waals surface area (Å²) in [6.45, 7) is 6.52. The number of aromatic nitrogens is 1. The lowest BCUT2D eigenvalue weighted by molar-refractivity contribution is -0.133. The first-order valence-electron chi connectivity index (χ1n) is 9.18. The maximum Gasteiger partial charge on any atom is 0.275 e. The van der Waals surface area contributed by atoms with Crippen molar-refractivity contribution in [2.75, 3.05) is 40.3 Å². The maximum atomic E-state index is 12.7. The van der Waals surface area contributed by atoms with Crippen LogP contribution in [0.25, 0.3) is 0 Å². The second-order valence-corrected chi connectivity index (χ2v) is 7.28. The van der Waals surface area contributed by atoms with Gasteiger partial charge in [-0.1, -0.05) is 12.1 Å². The molecule has 3 heterocycles. The first-order valence-corrected chi connectivity index (χ1v) is 9.18. The lowest BCUT2D eigenvalue weighted by Crippen LogP contribution is -2.39. The molecule has 0 atom stereocenters. The smallest absolute Gasteiger partial charge is 0.275 e. The fourth-order valence-corrected chi connectivity index (χ4v) is 3.68. The minimum absolute atomic E-state index is 0.175. The molecule has 0 bridgehead atoms. The van der Waals surface area contributed by atoms with Gasteiger partial charge >= 0.3 is 0 Å². The van der Waals surface area contributed by atoms with Gasteiger partial charge in [-0.2, -0.15) is 0 Å². The molecule has 7 heteroatoms. The molecule has 3 rings (SSSR count). The molecule has 0 N–H and O–H groups in total. The number of fused-ring (bicyclic) bond motifs is 1. The summed E-state index contributed by atoms with van der Waals surface area (Å²) in [5.41, 5.74) is 1.12. The Morgan fingerprint density at radius 3 is 2.60 bits per heavy atom. The van der Waals surface area contributed by atoms with E-state index in [0.29, 0.717) is 37.5 Å². The molecule has 0 spiro atoms. The van der Waals surface area contributed by atoms with E-state index in [2.05, 4.69) is 17.0 Å². The summed E-state index contributed by atoms with van der Waals surface area (Å²) in [7, 11) is 3.38. The highest BCUT2D eigenvalue weighted by Gasteiger charge is 2.31. The van der Waals surface area contributed by atoms with Gasteiger partial charge in [0.2, 0.25) is 5.91 Å². The fraction of sp³-hybridized carbons (Fsp3) is 0.722. The van der Waals surface area contributed by atoms with E-state index >= 15 is 0 Å². The number of carbonyl (C=O) groups excluding carboxylic acids is 2. The highest BCUT2D eigenvalue weighted by Crippen LogP contribution is 2.26. The van der Waals surface area contributed by atoms with Crippen LogP contribution in [0.15, 0.2) is 4.52 Å². The molecule has 0 aromatic carbocycles. The number of piperidine rings is 1. The molecule has 2 aliphatic heterocycles. The van der Waals surface area contributed by atoms with Crippen molar-refractivity contribution < 1.29 is 14.1 Å². The number of amides is 2. The van der Waals surface area contributed by atoms with Crippen LogP contribution in [0.3, 0.4) is 0 Å². The molecule has 138 valence electrons. The molecule has 7 nitrogen and oxygen atoms in total. The van der Waals surface area contributed by atoms with Crippen LogP contribution in [-0.2, 0) is 17.8 Å². The second-order valence-electron chi connectivity index (χ2n) is 7.28. The Morgan fingerprint density at radius 1 is 1.24 bits per heavy atom. The van der Waals surface area contributed by atoms with Crippen molar-refractivity contribution in [3.63, 3.8) is 0 Å². The summed E-state index contributed by atoms with van der Waals surface area (Å²) in [6, 6.07) is 0. The highest BCUT2D eigenvalue weighted by molar-refractivity contribution is 5.93. The standard InChI is InChI=1S/C18H28N4O3/c1-4-21-8-5-13(6-9-21)11-16(23)22-10-7-15-14(12-22)17(19-25-15)18(24)20(2)3/h13H,4-12H2,1-3H3. The molecule has 0 aliphatic carbocycles. The number of carbonyl (C=O) groups is 2. The number of hydrogen-bond donors (Lipinski definition) is 0. The number of hydrogen-bond acceptors (Lipinski definition) is 5. The molecule has 0 radical (unpaired) electrons. The van der Waals surface area contributed by atoms with Gasteiger partial charge in [0.25, 0.3) is 5.91 Å². The summed E-state index contributed by atoms with van der Waals surface area (Å²) in [5.74, 6) is 1.23. The predicted octanol–water partition coefficient (Wildman–Crippen LogP) is 1.38. The Balaban J connectivity index is 1.61. The molecule has 1 aromatic rings. The van der Waals surface area contributed by atoms with Crippen LogP contribution in [0.5, 0.6) is 0 Å². The quantitative estimate of drug-likeness (QED) is 0.822. The summed E-state index contributed by atoms with van der Waals surface area (Å²) in [5, 5.41) is 3.94. The lowest BCUT2D eigenvalue weighted by Gasteiger charge is -2.33. The summed E-state index contributed by atoms with van der Waals surface area (Å²) in [4.78, 5) is 30.7. The van der Waals surface area contributed by atoms with Gasteiger partial charge in [0.1, 0.15) is 5.76 Å². The molecule has 2 aliphatic rings. The van der Waals surface area contributed by atoms with Crippen molar-refractivity contribution in [3.8, 4) is 0 Å². The molecule has 25 heavy (non-hydrogen) atoms. The topological polar surface area (TPSA) is 69.9 Å². The van der Waals surface area contributed by atoms with Gasteiger partial charge < -0.3 is 19.2 Å². The fourth-order valence-electron chi connectivity index (χ4n) is 3.68. The summed E-state index contributed by atoms with van der Waals surface area (Å²) < 4.78 is 5.32. The minimum atomic E-state index is -0.175. The lowest BCUT2D eigenvalue weighted by atomic mass is 9.92. The molecule has 1 aromatic heterocycles. The van der Waals surface area contributed by atoms with Crippen molar-refractivity contribution in [3.05, 3.63) is 17.0 Å². The highest BCUT2D eigenvalue weighted by atomic mass is 16.5. The molecular weight excluding hydrogens is 320 g/mol. The van der Waals surface area contributed by atoms with E-state index in [9.17, 15) is 9.59 Å². The van der Waals surface area contributed by atoms with E-state index in [1.54, 1.807) is 14.1 Å². The molecule has 0 saturated carbocycles. The van der Waals surface area contributed by atoms with Crippen molar-refractivity contribution in [1.82, 2.24) is 19.9 Å².